The zero-order chi connectivity index (χ0) is 19.7. The lowest BCUT2D eigenvalue weighted by molar-refractivity contribution is -0.123. The zero-order valence-corrected chi connectivity index (χ0v) is 15.6. The van der Waals surface area contributed by atoms with Crippen molar-refractivity contribution in [1.82, 2.24) is 5.01 Å². The summed E-state index contributed by atoms with van der Waals surface area (Å²) in [5.41, 5.74) is 1.60. The molecule has 2 aliphatic rings. The van der Waals surface area contributed by atoms with Crippen molar-refractivity contribution in [3.63, 3.8) is 0 Å². The van der Waals surface area contributed by atoms with Gasteiger partial charge in [-0.15, -0.1) is 0 Å². The molecule has 4 rings (SSSR count). The average molecular weight is 380 g/mol. The monoisotopic (exact) mass is 380 g/mol. The van der Waals surface area contributed by atoms with Gasteiger partial charge in [-0.1, -0.05) is 17.4 Å². The molecule has 0 saturated carbocycles. The van der Waals surface area contributed by atoms with E-state index in [2.05, 4.69) is 10.3 Å². The van der Waals surface area contributed by atoms with Crippen molar-refractivity contribution in [2.75, 3.05) is 25.7 Å². The Kier molecular flexibility index (Phi) is 4.68. The van der Waals surface area contributed by atoms with Crippen LogP contribution in [0.15, 0.2) is 58.9 Å². The number of hydrogen-bond donors (Lipinski definition) is 0. The van der Waals surface area contributed by atoms with Gasteiger partial charge in [0.05, 0.1) is 19.9 Å². The number of carbonyl (C=O) groups excluding carboxylic acids is 2. The summed E-state index contributed by atoms with van der Waals surface area (Å²) in [6, 6.07) is 13.0. The van der Waals surface area contributed by atoms with Gasteiger partial charge in [-0.25, -0.2) is 4.90 Å². The van der Waals surface area contributed by atoms with Gasteiger partial charge >= 0.3 is 0 Å². The molecule has 2 amide bonds. The summed E-state index contributed by atoms with van der Waals surface area (Å²) in [7, 11) is 3.18. The van der Waals surface area contributed by atoms with Crippen LogP contribution in [0.2, 0.25) is 0 Å². The molecule has 2 aromatic rings. The molecule has 0 bridgehead atoms. The summed E-state index contributed by atoms with van der Waals surface area (Å²) in [6.07, 6.45) is 0.677. The highest BCUT2D eigenvalue weighted by atomic mass is 16.5. The van der Waals surface area contributed by atoms with E-state index >= 15 is 0 Å². The number of carbonyl (C=O) groups is 2. The van der Waals surface area contributed by atoms with Gasteiger partial charge in [0.1, 0.15) is 11.5 Å². The third kappa shape index (κ3) is 3.06. The summed E-state index contributed by atoms with van der Waals surface area (Å²) >= 11 is 0. The van der Waals surface area contributed by atoms with E-state index in [-0.39, 0.29) is 11.8 Å². The molecular weight excluding hydrogens is 360 g/mol. The predicted molar refractivity (Wildman–Crippen MR) is 101 cm³/mol. The Hall–Kier alpha value is -3.42. The molecular formula is C20H20N4O4. The van der Waals surface area contributed by atoms with Gasteiger partial charge in [0.25, 0.3) is 11.8 Å². The number of anilines is 1. The van der Waals surface area contributed by atoms with Crippen molar-refractivity contribution >= 4 is 17.5 Å². The maximum atomic E-state index is 13.0. The van der Waals surface area contributed by atoms with Crippen LogP contribution in [0.3, 0.4) is 0 Å². The third-order valence-electron chi connectivity index (χ3n) is 4.98. The van der Waals surface area contributed by atoms with Crippen LogP contribution in [-0.2, 0) is 16.0 Å². The second kappa shape index (κ2) is 7.30. The number of fused-ring (bicyclic) bond motifs is 1. The minimum absolute atomic E-state index is 0.306. The van der Waals surface area contributed by atoms with E-state index in [1.54, 1.807) is 43.5 Å². The molecule has 2 atom stereocenters. The fourth-order valence-electron chi connectivity index (χ4n) is 3.43. The van der Waals surface area contributed by atoms with Crippen LogP contribution in [0.1, 0.15) is 5.56 Å². The second-order valence-corrected chi connectivity index (χ2v) is 6.57. The van der Waals surface area contributed by atoms with Crippen molar-refractivity contribution in [1.29, 1.82) is 0 Å². The van der Waals surface area contributed by atoms with Crippen molar-refractivity contribution in [2.24, 2.45) is 10.3 Å². The lowest BCUT2D eigenvalue weighted by Crippen LogP contribution is -2.40. The van der Waals surface area contributed by atoms with Crippen LogP contribution in [0.5, 0.6) is 11.5 Å². The predicted octanol–water partition coefficient (Wildman–Crippen LogP) is 2.24. The molecule has 0 N–H and O–H groups in total. The van der Waals surface area contributed by atoms with Gasteiger partial charge in [-0.05, 0) is 48.4 Å². The van der Waals surface area contributed by atoms with E-state index in [1.807, 2.05) is 24.3 Å². The van der Waals surface area contributed by atoms with Crippen molar-refractivity contribution in [3.8, 4) is 11.5 Å². The molecule has 0 unspecified atom stereocenters. The molecule has 0 aromatic heterocycles. The van der Waals surface area contributed by atoms with Gasteiger partial charge in [0, 0.05) is 6.54 Å². The number of rotatable bonds is 6. The molecule has 2 aliphatic heterocycles. The smallest absolute Gasteiger partial charge is 0.263 e. The first-order valence-electron chi connectivity index (χ1n) is 8.94. The molecule has 8 heteroatoms. The molecule has 28 heavy (non-hydrogen) atoms. The van der Waals surface area contributed by atoms with E-state index in [0.29, 0.717) is 24.4 Å². The molecule has 2 aromatic carbocycles. The Morgan fingerprint density at radius 2 is 1.50 bits per heavy atom. The highest BCUT2D eigenvalue weighted by molar-refractivity contribution is 6.25. The Bertz CT molecular complexity index is 911. The summed E-state index contributed by atoms with van der Waals surface area (Å²) in [6.45, 7) is 0.493. The Morgan fingerprint density at radius 1 is 0.893 bits per heavy atom. The topological polar surface area (TPSA) is 83.8 Å². The maximum Gasteiger partial charge on any atom is 0.263 e. The highest BCUT2D eigenvalue weighted by Gasteiger charge is 2.54. The molecule has 8 nitrogen and oxygen atoms in total. The number of imide groups is 1. The number of methoxy groups -OCH3 is 2. The lowest BCUT2D eigenvalue weighted by atomic mass is 10.1. The van der Waals surface area contributed by atoms with Crippen LogP contribution in [-0.4, -0.2) is 49.7 Å². The fraction of sp³-hybridized carbons (Fsp3) is 0.300. The standard InChI is InChI=1S/C20H20N4O4/c1-27-15-7-3-13(4-8-15)11-12-23-18-17(21-22-23)19(25)24(20(18)26)14-5-9-16(28-2)10-6-14/h3-10,17-18H,11-12H2,1-2H3/t17-,18+/m0/s1. The van der Waals surface area contributed by atoms with Crippen LogP contribution in [0, 0.1) is 0 Å². The van der Waals surface area contributed by atoms with Crippen LogP contribution in [0.4, 0.5) is 5.69 Å². The molecule has 1 fully saturated rings. The minimum atomic E-state index is -0.787. The van der Waals surface area contributed by atoms with Crippen molar-refractivity contribution < 1.29 is 19.1 Å². The normalized spacial score (nSPS) is 20.6. The summed E-state index contributed by atoms with van der Waals surface area (Å²) in [5.74, 6) is 0.788. The van der Waals surface area contributed by atoms with Crippen molar-refractivity contribution in [3.05, 3.63) is 54.1 Å². The third-order valence-corrected chi connectivity index (χ3v) is 4.98. The number of benzene rings is 2. The van der Waals surface area contributed by atoms with Gasteiger partial charge in [-0.3, -0.25) is 14.6 Å². The quantitative estimate of drug-likeness (QED) is 0.718. The van der Waals surface area contributed by atoms with Crippen LogP contribution in [0.25, 0.3) is 0 Å². The Balaban J connectivity index is 1.47. The van der Waals surface area contributed by atoms with E-state index in [4.69, 9.17) is 9.47 Å². The molecule has 0 spiro atoms. The lowest BCUT2D eigenvalue weighted by Gasteiger charge is -2.20. The Labute approximate surface area is 162 Å². The zero-order valence-electron chi connectivity index (χ0n) is 15.6. The van der Waals surface area contributed by atoms with E-state index in [0.717, 1.165) is 11.3 Å². The molecule has 2 heterocycles. The first kappa shape index (κ1) is 18.0. The fourth-order valence-corrected chi connectivity index (χ4v) is 3.43. The van der Waals surface area contributed by atoms with Gasteiger partial charge in [0.15, 0.2) is 12.1 Å². The largest absolute Gasteiger partial charge is 0.497 e. The second-order valence-electron chi connectivity index (χ2n) is 6.57. The van der Waals surface area contributed by atoms with Crippen LogP contribution >= 0.6 is 0 Å². The van der Waals surface area contributed by atoms with Crippen LogP contribution < -0.4 is 14.4 Å². The van der Waals surface area contributed by atoms with Crippen molar-refractivity contribution in [2.45, 2.75) is 18.5 Å². The summed E-state index contributed by atoms with van der Waals surface area (Å²) < 4.78 is 10.3. The molecule has 144 valence electrons. The van der Waals surface area contributed by atoms with Gasteiger partial charge in [-0.2, -0.15) is 5.11 Å². The molecule has 0 radical (unpaired) electrons. The first-order chi connectivity index (χ1) is 13.6. The number of amides is 2. The van der Waals surface area contributed by atoms with E-state index < -0.39 is 12.1 Å². The number of nitrogens with zero attached hydrogens (tertiary/aromatic N) is 4. The number of hydrogen-bond acceptors (Lipinski definition) is 7. The number of ether oxygens (including phenoxy) is 2. The summed E-state index contributed by atoms with van der Waals surface area (Å²) in [5, 5.41) is 9.73. The van der Waals surface area contributed by atoms with E-state index in [9.17, 15) is 9.59 Å². The SMILES string of the molecule is COc1ccc(CCN2N=N[C@@H]3C(=O)N(c4ccc(OC)cc4)C(=O)[C@@H]32)cc1. The highest BCUT2D eigenvalue weighted by Crippen LogP contribution is 2.32. The molecule has 1 saturated heterocycles. The summed E-state index contributed by atoms with van der Waals surface area (Å²) in [4.78, 5) is 26.9. The average Bonchev–Trinajstić information content (AvgIpc) is 3.26. The van der Waals surface area contributed by atoms with E-state index in [1.165, 1.54) is 4.90 Å². The Morgan fingerprint density at radius 3 is 2.11 bits per heavy atom. The molecule has 0 aliphatic carbocycles. The van der Waals surface area contributed by atoms with Gasteiger partial charge in [0.2, 0.25) is 0 Å². The van der Waals surface area contributed by atoms with Gasteiger partial charge < -0.3 is 9.47 Å². The minimum Gasteiger partial charge on any atom is -0.497 e. The first-order valence-corrected chi connectivity index (χ1v) is 8.94. The maximum absolute atomic E-state index is 13.0.